The average molecular weight is 399 g/mol. The summed E-state index contributed by atoms with van der Waals surface area (Å²) >= 11 is 0. The van der Waals surface area contributed by atoms with Gasteiger partial charge in [-0.15, -0.1) is 0 Å². The lowest BCUT2D eigenvalue weighted by molar-refractivity contribution is -0.125. The summed E-state index contributed by atoms with van der Waals surface area (Å²) in [7, 11) is 0. The van der Waals surface area contributed by atoms with E-state index in [0.717, 1.165) is 55.3 Å². The van der Waals surface area contributed by atoms with E-state index < -0.39 is 6.03 Å². The Hall–Kier alpha value is -2.71. The summed E-state index contributed by atoms with van der Waals surface area (Å²) in [6, 6.07) is 6.81. The maximum Gasteiger partial charge on any atom is 0.325 e. The molecule has 0 radical (unpaired) electrons. The third-order valence-electron chi connectivity index (χ3n) is 5.26. The lowest BCUT2D eigenvalue weighted by Gasteiger charge is -2.36. The summed E-state index contributed by atoms with van der Waals surface area (Å²) in [5.41, 5.74) is 3.70. The number of hydrogen-bond acceptors (Lipinski definition) is 6. The summed E-state index contributed by atoms with van der Waals surface area (Å²) in [4.78, 5) is 29.1. The Bertz CT molecular complexity index is 871. The van der Waals surface area contributed by atoms with Gasteiger partial charge >= 0.3 is 6.03 Å². The molecule has 1 aromatic carbocycles. The van der Waals surface area contributed by atoms with Crippen molar-refractivity contribution in [1.82, 2.24) is 20.3 Å². The Labute approximate surface area is 171 Å². The molecule has 1 aliphatic rings. The second kappa shape index (κ2) is 9.19. The minimum atomic E-state index is -0.506. The number of benzene rings is 1. The van der Waals surface area contributed by atoms with Gasteiger partial charge in [0.25, 0.3) is 0 Å². The standard InChI is InChI=1S/C21H29N5O3/c1-14-5-6-19(15(2)11-14)22-21(28)23-20(27)17(4)26-9-7-25(8-10-26)13-18-12-16(3)29-24-18/h5-6,11-12,17H,7-10,13H2,1-4H3,(H2,22,23,27,28)/t17-/m0/s1. The van der Waals surface area contributed by atoms with Crippen LogP contribution in [0.5, 0.6) is 0 Å². The monoisotopic (exact) mass is 399 g/mol. The number of aryl methyl sites for hydroxylation is 3. The number of amides is 3. The van der Waals surface area contributed by atoms with Gasteiger partial charge < -0.3 is 9.84 Å². The first kappa shape index (κ1) is 21.0. The average Bonchev–Trinajstić information content (AvgIpc) is 3.08. The van der Waals surface area contributed by atoms with Gasteiger partial charge in [0.15, 0.2) is 0 Å². The minimum absolute atomic E-state index is 0.298. The fraction of sp³-hybridized carbons (Fsp3) is 0.476. The molecular formula is C21H29N5O3. The van der Waals surface area contributed by atoms with Gasteiger partial charge in [-0.05, 0) is 39.3 Å². The molecule has 0 bridgehead atoms. The van der Waals surface area contributed by atoms with E-state index >= 15 is 0 Å². The Morgan fingerprint density at radius 1 is 1.14 bits per heavy atom. The minimum Gasteiger partial charge on any atom is -0.361 e. The molecule has 1 fully saturated rings. The van der Waals surface area contributed by atoms with Crippen molar-refractivity contribution < 1.29 is 14.1 Å². The number of anilines is 1. The van der Waals surface area contributed by atoms with Gasteiger partial charge in [0, 0.05) is 44.5 Å². The van der Waals surface area contributed by atoms with Crippen LogP contribution in [-0.2, 0) is 11.3 Å². The molecule has 1 saturated heterocycles. The topological polar surface area (TPSA) is 90.7 Å². The van der Waals surface area contributed by atoms with E-state index in [1.54, 1.807) is 0 Å². The van der Waals surface area contributed by atoms with Crippen molar-refractivity contribution in [1.29, 1.82) is 0 Å². The van der Waals surface area contributed by atoms with Gasteiger partial charge in [0.1, 0.15) is 5.76 Å². The van der Waals surface area contributed by atoms with Crippen LogP contribution in [0.3, 0.4) is 0 Å². The molecule has 3 rings (SSSR count). The summed E-state index contributed by atoms with van der Waals surface area (Å²) in [6.45, 7) is 11.5. The van der Waals surface area contributed by atoms with Crippen molar-refractivity contribution >= 4 is 17.6 Å². The number of carbonyl (C=O) groups is 2. The largest absolute Gasteiger partial charge is 0.361 e. The molecular weight excluding hydrogens is 370 g/mol. The van der Waals surface area contributed by atoms with Crippen LogP contribution >= 0.6 is 0 Å². The van der Waals surface area contributed by atoms with E-state index in [1.165, 1.54) is 0 Å². The van der Waals surface area contributed by atoms with Gasteiger partial charge in [0.05, 0.1) is 11.7 Å². The normalized spacial score (nSPS) is 16.4. The number of aromatic nitrogens is 1. The van der Waals surface area contributed by atoms with Crippen molar-refractivity contribution in [2.24, 2.45) is 0 Å². The van der Waals surface area contributed by atoms with Gasteiger partial charge in [0.2, 0.25) is 5.91 Å². The molecule has 1 aromatic heterocycles. The summed E-state index contributed by atoms with van der Waals surface area (Å²) < 4.78 is 5.11. The van der Waals surface area contributed by atoms with Crippen LogP contribution in [0.4, 0.5) is 10.5 Å². The summed E-state index contributed by atoms with van der Waals surface area (Å²) in [5.74, 6) is 0.510. The zero-order valence-electron chi connectivity index (χ0n) is 17.5. The predicted octanol–water partition coefficient (Wildman–Crippen LogP) is 2.45. The molecule has 3 amide bonds. The van der Waals surface area contributed by atoms with Crippen LogP contribution in [0, 0.1) is 20.8 Å². The second-order valence-corrected chi connectivity index (χ2v) is 7.68. The molecule has 0 saturated carbocycles. The van der Waals surface area contributed by atoms with Crippen LogP contribution in [0.1, 0.15) is 29.5 Å². The number of piperazine rings is 1. The molecule has 29 heavy (non-hydrogen) atoms. The molecule has 0 aliphatic carbocycles. The van der Waals surface area contributed by atoms with Crippen LogP contribution in [-0.4, -0.2) is 59.1 Å². The van der Waals surface area contributed by atoms with Crippen molar-refractivity contribution in [2.75, 3.05) is 31.5 Å². The Balaban J connectivity index is 1.45. The van der Waals surface area contributed by atoms with Crippen LogP contribution < -0.4 is 10.6 Å². The zero-order valence-corrected chi connectivity index (χ0v) is 17.5. The molecule has 2 aromatic rings. The fourth-order valence-corrected chi connectivity index (χ4v) is 3.52. The quantitative estimate of drug-likeness (QED) is 0.803. The molecule has 156 valence electrons. The van der Waals surface area contributed by atoms with Crippen molar-refractivity contribution in [3.8, 4) is 0 Å². The highest BCUT2D eigenvalue weighted by molar-refractivity contribution is 6.03. The first-order valence-electron chi connectivity index (χ1n) is 9.89. The molecule has 1 atom stereocenters. The van der Waals surface area contributed by atoms with Crippen LogP contribution in [0.15, 0.2) is 28.8 Å². The SMILES string of the molecule is Cc1ccc(NC(=O)NC(=O)[C@H](C)N2CCN(Cc3cc(C)on3)CC2)c(C)c1. The van der Waals surface area contributed by atoms with E-state index in [9.17, 15) is 9.59 Å². The Kier molecular flexibility index (Phi) is 6.66. The van der Waals surface area contributed by atoms with E-state index in [2.05, 4.69) is 25.6 Å². The van der Waals surface area contributed by atoms with E-state index in [0.29, 0.717) is 5.69 Å². The van der Waals surface area contributed by atoms with Crippen molar-refractivity contribution in [2.45, 2.75) is 40.3 Å². The number of hydrogen-bond donors (Lipinski definition) is 2. The predicted molar refractivity (Wildman–Crippen MR) is 111 cm³/mol. The maximum atomic E-state index is 12.5. The third kappa shape index (κ3) is 5.65. The number of carbonyl (C=O) groups excluding carboxylic acids is 2. The highest BCUT2D eigenvalue weighted by Crippen LogP contribution is 2.16. The Morgan fingerprint density at radius 2 is 1.86 bits per heavy atom. The highest BCUT2D eigenvalue weighted by atomic mass is 16.5. The molecule has 8 nitrogen and oxygen atoms in total. The number of urea groups is 1. The summed E-state index contributed by atoms with van der Waals surface area (Å²) in [5, 5.41) is 9.23. The van der Waals surface area contributed by atoms with Crippen LogP contribution in [0.2, 0.25) is 0 Å². The fourth-order valence-electron chi connectivity index (χ4n) is 3.52. The first-order valence-corrected chi connectivity index (χ1v) is 9.89. The molecule has 2 N–H and O–H groups in total. The zero-order chi connectivity index (χ0) is 21.0. The highest BCUT2D eigenvalue weighted by Gasteiger charge is 2.27. The van der Waals surface area contributed by atoms with Crippen molar-refractivity contribution in [3.63, 3.8) is 0 Å². The van der Waals surface area contributed by atoms with Gasteiger partial charge in [-0.2, -0.15) is 0 Å². The second-order valence-electron chi connectivity index (χ2n) is 7.68. The molecule has 0 spiro atoms. The van der Waals surface area contributed by atoms with Gasteiger partial charge in [-0.3, -0.25) is 19.9 Å². The first-order chi connectivity index (χ1) is 13.8. The maximum absolute atomic E-state index is 12.5. The van der Waals surface area contributed by atoms with E-state index in [-0.39, 0.29) is 11.9 Å². The van der Waals surface area contributed by atoms with Gasteiger partial charge in [-0.25, -0.2) is 4.79 Å². The van der Waals surface area contributed by atoms with Crippen LogP contribution in [0.25, 0.3) is 0 Å². The third-order valence-corrected chi connectivity index (χ3v) is 5.26. The number of nitrogens with zero attached hydrogens (tertiary/aromatic N) is 3. The molecule has 0 unspecified atom stereocenters. The van der Waals surface area contributed by atoms with E-state index in [1.807, 2.05) is 52.0 Å². The van der Waals surface area contributed by atoms with Gasteiger partial charge in [-0.1, -0.05) is 22.9 Å². The Morgan fingerprint density at radius 3 is 2.48 bits per heavy atom. The van der Waals surface area contributed by atoms with Crippen molar-refractivity contribution in [3.05, 3.63) is 46.8 Å². The smallest absolute Gasteiger partial charge is 0.325 e. The lowest BCUT2D eigenvalue weighted by Crippen LogP contribution is -2.54. The number of rotatable bonds is 5. The lowest BCUT2D eigenvalue weighted by atomic mass is 10.1. The summed E-state index contributed by atoms with van der Waals surface area (Å²) in [6.07, 6.45) is 0. The number of nitrogens with one attached hydrogen (secondary N) is 2. The van der Waals surface area contributed by atoms with E-state index in [4.69, 9.17) is 4.52 Å². The molecule has 2 heterocycles. The number of imide groups is 1. The molecule has 1 aliphatic heterocycles. The molecule has 8 heteroatoms.